The van der Waals surface area contributed by atoms with Gasteiger partial charge in [0.2, 0.25) is 0 Å². The molecule has 1 unspecified atom stereocenters. The monoisotopic (exact) mass is 329 g/mol. The van der Waals surface area contributed by atoms with Crippen LogP contribution in [0.15, 0.2) is 0 Å². The van der Waals surface area contributed by atoms with Crippen LogP contribution in [0.3, 0.4) is 0 Å². The van der Waals surface area contributed by atoms with Crippen LogP contribution in [-0.2, 0) is 26.6 Å². The van der Waals surface area contributed by atoms with E-state index in [2.05, 4.69) is 6.92 Å². The van der Waals surface area contributed by atoms with E-state index in [0.717, 1.165) is 16.7 Å². The van der Waals surface area contributed by atoms with Crippen molar-refractivity contribution in [2.24, 2.45) is 0 Å². The Morgan fingerprint density at radius 1 is 0.789 bits per heavy atom. The summed E-state index contributed by atoms with van der Waals surface area (Å²) in [7, 11) is 4.12. The molecule has 0 aromatic rings. The highest BCUT2D eigenvalue weighted by Gasteiger charge is 2.63. The zero-order valence-electron chi connectivity index (χ0n) is 13.2. The number of hydrogen-bond donors (Lipinski definition) is 0. The molecule has 0 rings (SSSR count). The summed E-state index contributed by atoms with van der Waals surface area (Å²) in [5, 5.41) is 0. The quantitative estimate of drug-likeness (QED) is 0.483. The fourth-order valence-corrected chi connectivity index (χ4v) is 10.5. The lowest BCUT2D eigenvalue weighted by Crippen LogP contribution is -2.76. The molecule has 0 N–H and O–H groups in total. The van der Waals surface area contributed by atoms with Crippen LogP contribution in [-0.4, -0.2) is 80.7 Å². The first kappa shape index (κ1) is 19.4. The van der Waals surface area contributed by atoms with Crippen LogP contribution in [0.4, 0.5) is 0 Å². The first-order valence-electron chi connectivity index (χ1n) is 6.07. The highest BCUT2D eigenvalue weighted by Crippen LogP contribution is 2.26. The normalized spacial score (nSPS) is 15.2. The van der Waals surface area contributed by atoms with Crippen molar-refractivity contribution >= 4 is 28.2 Å². The highest BCUT2D eigenvalue weighted by atomic mass is 28.5. The molecule has 116 valence electrons. The Morgan fingerprint density at radius 3 is 1.21 bits per heavy atom. The van der Waals surface area contributed by atoms with E-state index in [9.17, 15) is 0 Å². The average Bonchev–Trinajstić information content (AvgIpc) is 2.48. The van der Waals surface area contributed by atoms with Crippen LogP contribution in [0.2, 0.25) is 0 Å². The van der Waals surface area contributed by atoms with Crippen LogP contribution in [0.25, 0.3) is 0 Å². The summed E-state index contributed by atoms with van der Waals surface area (Å²) >= 11 is 0. The Kier molecular flexibility index (Phi) is 8.78. The van der Waals surface area contributed by atoms with Gasteiger partial charge >= 0.3 is 17.9 Å². The second-order valence-electron chi connectivity index (χ2n) is 3.90. The molecule has 0 fully saturated rings. The van der Waals surface area contributed by atoms with Crippen LogP contribution in [0, 0.1) is 0 Å². The van der Waals surface area contributed by atoms with E-state index >= 15 is 0 Å². The van der Waals surface area contributed by atoms with Crippen molar-refractivity contribution in [3.05, 3.63) is 0 Å². The van der Waals surface area contributed by atoms with E-state index < -0.39 is 17.9 Å². The lowest BCUT2D eigenvalue weighted by molar-refractivity contribution is 0.0157. The molecule has 7 nitrogen and oxygen atoms in total. The molecule has 0 aliphatic carbocycles. The van der Waals surface area contributed by atoms with E-state index in [4.69, 9.17) is 26.6 Å². The third kappa shape index (κ3) is 3.72. The van der Waals surface area contributed by atoms with Gasteiger partial charge in [-0.05, 0) is 12.1 Å². The van der Waals surface area contributed by atoms with E-state index in [1.807, 2.05) is 4.23 Å². The Balaban J connectivity index is 5.77. The third-order valence-corrected chi connectivity index (χ3v) is 12.3. The minimum absolute atomic E-state index is 0.193. The van der Waals surface area contributed by atoms with Crippen molar-refractivity contribution in [3.63, 3.8) is 0 Å². The van der Waals surface area contributed by atoms with E-state index in [0.29, 0.717) is 0 Å². The average molecular weight is 330 g/mol. The van der Waals surface area contributed by atoms with Gasteiger partial charge in [0.15, 0.2) is 0 Å². The molecule has 0 saturated heterocycles. The molecule has 0 aromatic heterocycles. The summed E-state index contributed by atoms with van der Waals surface area (Å²) in [6, 6.07) is 0. The van der Waals surface area contributed by atoms with Crippen molar-refractivity contribution in [1.82, 2.24) is 4.23 Å². The Bertz CT molecular complexity index is 216. The Morgan fingerprint density at radius 2 is 1.05 bits per heavy atom. The molecule has 0 bridgehead atoms. The standard InChI is InChI=1S/C9H27NO6Si3/c1-8-9(17)10(18(11-2,12-3)13-4)19(14-5,15-6)16-7/h9H,8H2,1-7,17H3. The van der Waals surface area contributed by atoms with Gasteiger partial charge in [0.1, 0.15) is 0 Å². The SMILES string of the molecule is CCC([SiH3])N([Si](OC)(OC)OC)[Si](OC)(OC)OC. The molecule has 10 heteroatoms. The zero-order valence-corrected chi connectivity index (χ0v) is 17.2. The summed E-state index contributed by atoms with van der Waals surface area (Å²) in [6.45, 7) is 2.09. The summed E-state index contributed by atoms with van der Waals surface area (Å²) in [6.07, 6.45) is 0.905. The van der Waals surface area contributed by atoms with Crippen molar-refractivity contribution in [3.8, 4) is 0 Å². The molecule has 0 spiro atoms. The van der Waals surface area contributed by atoms with Crippen molar-refractivity contribution in [2.75, 3.05) is 42.7 Å². The fourth-order valence-electron chi connectivity index (χ4n) is 1.98. The minimum atomic E-state index is -3.07. The molecule has 0 aliphatic heterocycles. The van der Waals surface area contributed by atoms with Gasteiger partial charge in [-0.15, -0.1) is 0 Å². The maximum atomic E-state index is 5.57. The van der Waals surface area contributed by atoms with Gasteiger partial charge in [-0.3, -0.25) is 0 Å². The molecular weight excluding hydrogens is 302 g/mol. The van der Waals surface area contributed by atoms with E-state index in [1.54, 1.807) is 42.7 Å². The van der Waals surface area contributed by atoms with Crippen LogP contribution >= 0.6 is 0 Å². The highest BCUT2D eigenvalue weighted by molar-refractivity contribution is 6.75. The van der Waals surface area contributed by atoms with Gasteiger partial charge in [-0.2, -0.15) is 0 Å². The topological polar surface area (TPSA) is 58.6 Å². The predicted octanol–water partition coefficient (Wildman–Crippen LogP) is -0.860. The van der Waals surface area contributed by atoms with Gasteiger partial charge in [0.05, 0.1) is 0 Å². The predicted molar refractivity (Wildman–Crippen MR) is 79.4 cm³/mol. The van der Waals surface area contributed by atoms with Crippen LogP contribution < -0.4 is 0 Å². The van der Waals surface area contributed by atoms with E-state index in [1.165, 1.54) is 0 Å². The van der Waals surface area contributed by atoms with Gasteiger partial charge < -0.3 is 26.6 Å². The summed E-state index contributed by atoms with van der Waals surface area (Å²) in [5.41, 5.74) is 0.193. The van der Waals surface area contributed by atoms with Crippen LogP contribution in [0.1, 0.15) is 13.3 Å². The number of nitrogens with zero attached hydrogens (tertiary/aromatic N) is 1. The van der Waals surface area contributed by atoms with Crippen molar-refractivity contribution in [1.29, 1.82) is 0 Å². The summed E-state index contributed by atoms with van der Waals surface area (Å²) in [4.78, 5) is 0. The number of rotatable bonds is 10. The number of hydrogen-bond acceptors (Lipinski definition) is 7. The van der Waals surface area contributed by atoms with Crippen molar-refractivity contribution < 1.29 is 26.6 Å². The second-order valence-corrected chi connectivity index (χ2v) is 11.2. The minimum Gasteiger partial charge on any atom is -0.365 e. The Hall–Kier alpha value is 0.371. The van der Waals surface area contributed by atoms with Crippen molar-refractivity contribution in [2.45, 2.75) is 19.0 Å². The van der Waals surface area contributed by atoms with Crippen LogP contribution in [0.5, 0.6) is 0 Å². The van der Waals surface area contributed by atoms with Gasteiger partial charge in [0, 0.05) is 52.9 Å². The first-order chi connectivity index (χ1) is 8.97. The third-order valence-electron chi connectivity index (χ3n) is 3.17. The molecule has 0 saturated carbocycles. The lowest BCUT2D eigenvalue weighted by Gasteiger charge is -2.45. The maximum Gasteiger partial charge on any atom is 0.597 e. The molecule has 0 aromatic carbocycles. The fraction of sp³-hybridized carbons (Fsp3) is 1.00. The molecule has 0 amide bonds. The van der Waals surface area contributed by atoms with Gasteiger partial charge in [0.25, 0.3) is 0 Å². The molecule has 1 atom stereocenters. The summed E-state index contributed by atoms with van der Waals surface area (Å²) in [5.74, 6) is 0. The lowest BCUT2D eigenvalue weighted by atomic mass is 10.5. The van der Waals surface area contributed by atoms with E-state index in [-0.39, 0.29) is 5.67 Å². The van der Waals surface area contributed by atoms with Gasteiger partial charge in [-0.25, -0.2) is 4.23 Å². The molecule has 0 radical (unpaired) electrons. The molecular formula is C9H27NO6Si3. The Labute approximate surface area is 121 Å². The molecule has 0 heterocycles. The second kappa shape index (κ2) is 8.61. The summed E-state index contributed by atoms with van der Waals surface area (Å²) < 4.78 is 35.4. The molecule has 19 heavy (non-hydrogen) atoms. The zero-order chi connectivity index (χ0) is 15.1. The maximum absolute atomic E-state index is 5.57. The van der Waals surface area contributed by atoms with Gasteiger partial charge in [-0.1, -0.05) is 6.92 Å². The smallest absolute Gasteiger partial charge is 0.365 e. The molecule has 0 aliphatic rings. The largest absolute Gasteiger partial charge is 0.597 e. The first-order valence-corrected chi connectivity index (χ1v) is 10.6.